The van der Waals surface area contributed by atoms with Crippen molar-refractivity contribution in [3.63, 3.8) is 0 Å². The average Bonchev–Trinajstić information content (AvgIpc) is 2.17. The van der Waals surface area contributed by atoms with Crippen molar-refractivity contribution >= 4 is 26.4 Å². The monoisotopic (exact) mass is 310 g/mol. The molecular formula is C10H19IN2O. The van der Waals surface area contributed by atoms with Crippen LogP contribution in [-0.4, -0.2) is 52.9 Å². The van der Waals surface area contributed by atoms with Crippen molar-refractivity contribution < 1.29 is 4.79 Å². The Morgan fingerprint density at radius 2 is 1.64 bits per heavy atom. The number of halogens is 1. The predicted octanol–water partition coefficient (Wildman–Crippen LogP) is 1.37. The van der Waals surface area contributed by atoms with E-state index in [0.29, 0.717) is 6.42 Å². The lowest BCUT2D eigenvalue weighted by Gasteiger charge is -2.34. The first kappa shape index (κ1) is 12.4. The van der Waals surface area contributed by atoms with Gasteiger partial charge in [0.15, 0.2) is 3.79 Å². The number of piperazine rings is 1. The summed E-state index contributed by atoms with van der Waals surface area (Å²) in [6.07, 6.45) is 1.95. The highest BCUT2D eigenvalue weighted by atomic mass is 127. The van der Waals surface area contributed by atoms with Gasteiger partial charge in [0.25, 0.3) is 0 Å². The second-order valence-corrected chi connectivity index (χ2v) is 4.99. The van der Waals surface area contributed by atoms with E-state index in [1.165, 1.54) is 26.1 Å². The molecule has 82 valence electrons. The molecule has 0 radical (unpaired) electrons. The molecule has 1 heterocycles. The van der Waals surface area contributed by atoms with Gasteiger partial charge in [-0.1, -0.05) is 6.92 Å². The van der Waals surface area contributed by atoms with Crippen LogP contribution in [0.1, 0.15) is 19.8 Å². The molecule has 0 unspecified atom stereocenters. The van der Waals surface area contributed by atoms with E-state index in [2.05, 4.69) is 16.7 Å². The molecule has 1 aliphatic heterocycles. The van der Waals surface area contributed by atoms with E-state index in [1.807, 2.05) is 22.6 Å². The van der Waals surface area contributed by atoms with Gasteiger partial charge in [-0.15, -0.1) is 0 Å². The Labute approximate surface area is 100.0 Å². The number of rotatable bonds is 5. The maximum Gasteiger partial charge on any atom is 0.193 e. The summed E-state index contributed by atoms with van der Waals surface area (Å²) in [5.74, 6) is 0. The molecule has 0 saturated carbocycles. The zero-order valence-electron chi connectivity index (χ0n) is 8.84. The van der Waals surface area contributed by atoms with Crippen molar-refractivity contribution in [2.75, 3.05) is 39.3 Å². The number of nitrogens with zero attached hydrogens (tertiary/aromatic N) is 2. The van der Waals surface area contributed by atoms with Gasteiger partial charge in [0.1, 0.15) is 0 Å². The SMILES string of the molecule is CCCN1CCN(CCC(=O)I)CC1. The second-order valence-electron chi connectivity index (χ2n) is 3.79. The van der Waals surface area contributed by atoms with Crippen LogP contribution in [0.25, 0.3) is 0 Å². The van der Waals surface area contributed by atoms with Gasteiger partial charge in [-0.05, 0) is 35.6 Å². The van der Waals surface area contributed by atoms with Crippen molar-refractivity contribution in [3.05, 3.63) is 0 Å². The van der Waals surface area contributed by atoms with Gasteiger partial charge in [-0.2, -0.15) is 0 Å². The molecule has 0 aliphatic carbocycles. The molecule has 0 aromatic carbocycles. The van der Waals surface area contributed by atoms with Crippen molar-refractivity contribution in [2.24, 2.45) is 0 Å². The normalized spacial score (nSPS) is 19.9. The first-order valence-electron chi connectivity index (χ1n) is 5.35. The van der Waals surface area contributed by atoms with Crippen LogP contribution in [0.3, 0.4) is 0 Å². The van der Waals surface area contributed by atoms with Crippen molar-refractivity contribution in [2.45, 2.75) is 19.8 Å². The molecule has 1 aliphatic rings. The van der Waals surface area contributed by atoms with Crippen molar-refractivity contribution in [3.8, 4) is 0 Å². The lowest BCUT2D eigenvalue weighted by atomic mass is 10.3. The lowest BCUT2D eigenvalue weighted by Crippen LogP contribution is -2.46. The quantitative estimate of drug-likeness (QED) is 0.566. The molecule has 1 fully saturated rings. The Hall–Kier alpha value is 0.320. The molecule has 4 heteroatoms. The van der Waals surface area contributed by atoms with Crippen LogP contribution in [0.15, 0.2) is 0 Å². The standard InChI is InChI=1S/C10H19IN2O/c1-2-4-12-6-8-13(9-7-12)5-3-10(11)14/h2-9H2,1H3. The summed E-state index contributed by atoms with van der Waals surface area (Å²) in [5, 5.41) is 0. The smallest absolute Gasteiger partial charge is 0.193 e. The van der Waals surface area contributed by atoms with Gasteiger partial charge in [-0.3, -0.25) is 4.79 Å². The minimum absolute atomic E-state index is 0.276. The molecule has 1 saturated heterocycles. The maximum atomic E-state index is 10.8. The van der Waals surface area contributed by atoms with Crippen LogP contribution in [0.4, 0.5) is 0 Å². The molecule has 0 N–H and O–H groups in total. The fourth-order valence-electron chi connectivity index (χ4n) is 1.80. The van der Waals surface area contributed by atoms with Crippen molar-refractivity contribution in [1.29, 1.82) is 0 Å². The van der Waals surface area contributed by atoms with E-state index in [-0.39, 0.29) is 3.79 Å². The fraction of sp³-hybridized carbons (Fsp3) is 0.900. The zero-order valence-corrected chi connectivity index (χ0v) is 11.0. The molecule has 14 heavy (non-hydrogen) atoms. The average molecular weight is 310 g/mol. The largest absolute Gasteiger partial charge is 0.301 e. The van der Waals surface area contributed by atoms with Gasteiger partial charge in [0.2, 0.25) is 0 Å². The molecule has 0 atom stereocenters. The van der Waals surface area contributed by atoms with Crippen LogP contribution < -0.4 is 0 Å². The molecule has 0 aromatic heterocycles. The summed E-state index contributed by atoms with van der Waals surface area (Å²) < 4.78 is 0.276. The minimum atomic E-state index is 0.276. The number of carbonyl (C=O) groups is 1. The third-order valence-electron chi connectivity index (χ3n) is 2.63. The molecule has 0 bridgehead atoms. The third kappa shape index (κ3) is 4.70. The summed E-state index contributed by atoms with van der Waals surface area (Å²) in [7, 11) is 0. The second kappa shape index (κ2) is 6.74. The van der Waals surface area contributed by atoms with Crippen molar-refractivity contribution in [1.82, 2.24) is 9.80 Å². The fourth-order valence-corrected chi connectivity index (χ4v) is 2.04. The summed E-state index contributed by atoms with van der Waals surface area (Å²) in [6, 6.07) is 0. The van der Waals surface area contributed by atoms with E-state index in [1.54, 1.807) is 0 Å². The summed E-state index contributed by atoms with van der Waals surface area (Å²) in [5.41, 5.74) is 0. The van der Waals surface area contributed by atoms with Gasteiger partial charge in [0.05, 0.1) is 0 Å². The zero-order chi connectivity index (χ0) is 10.4. The lowest BCUT2D eigenvalue weighted by molar-refractivity contribution is -0.109. The first-order chi connectivity index (χ1) is 6.72. The first-order valence-corrected chi connectivity index (χ1v) is 6.43. The van der Waals surface area contributed by atoms with Gasteiger partial charge < -0.3 is 9.80 Å². The van der Waals surface area contributed by atoms with Crippen LogP contribution in [0, 0.1) is 0 Å². The summed E-state index contributed by atoms with van der Waals surface area (Å²) >= 11 is 1.88. The highest BCUT2D eigenvalue weighted by molar-refractivity contribution is 14.1. The summed E-state index contributed by atoms with van der Waals surface area (Å²) in [6.45, 7) is 8.99. The van der Waals surface area contributed by atoms with Crippen LogP contribution >= 0.6 is 22.6 Å². The van der Waals surface area contributed by atoms with E-state index in [4.69, 9.17) is 0 Å². The van der Waals surface area contributed by atoms with E-state index < -0.39 is 0 Å². The van der Waals surface area contributed by atoms with E-state index in [0.717, 1.165) is 19.6 Å². The van der Waals surface area contributed by atoms with E-state index >= 15 is 0 Å². The number of carbonyl (C=O) groups excluding carboxylic acids is 1. The Bertz CT molecular complexity index is 179. The molecule has 0 aromatic rings. The molecule has 3 nitrogen and oxygen atoms in total. The van der Waals surface area contributed by atoms with E-state index in [9.17, 15) is 4.79 Å². The number of hydrogen-bond donors (Lipinski definition) is 0. The van der Waals surface area contributed by atoms with Crippen LogP contribution in [0.5, 0.6) is 0 Å². The Morgan fingerprint density at radius 3 is 2.07 bits per heavy atom. The van der Waals surface area contributed by atoms with Gasteiger partial charge in [-0.25, -0.2) is 0 Å². The highest BCUT2D eigenvalue weighted by Crippen LogP contribution is 2.04. The summed E-state index contributed by atoms with van der Waals surface area (Å²) in [4.78, 5) is 15.7. The van der Waals surface area contributed by atoms with Gasteiger partial charge in [0, 0.05) is 39.1 Å². The van der Waals surface area contributed by atoms with Gasteiger partial charge >= 0.3 is 0 Å². The highest BCUT2D eigenvalue weighted by Gasteiger charge is 2.15. The Kier molecular flexibility index (Phi) is 5.96. The maximum absolute atomic E-state index is 10.8. The third-order valence-corrected chi connectivity index (χ3v) is 3.17. The molecule has 1 rings (SSSR count). The topological polar surface area (TPSA) is 23.6 Å². The minimum Gasteiger partial charge on any atom is -0.301 e. The Morgan fingerprint density at radius 1 is 1.14 bits per heavy atom. The van der Waals surface area contributed by atoms with Crippen LogP contribution in [-0.2, 0) is 4.79 Å². The molecule has 0 amide bonds. The predicted molar refractivity (Wildman–Crippen MR) is 66.8 cm³/mol. The number of hydrogen-bond acceptors (Lipinski definition) is 3. The molecular weight excluding hydrogens is 291 g/mol. The Balaban J connectivity index is 2.12. The molecule has 0 spiro atoms. The van der Waals surface area contributed by atoms with Crippen LogP contribution in [0.2, 0.25) is 0 Å².